The number of benzene rings is 1. The van der Waals surface area contributed by atoms with Crippen molar-refractivity contribution in [1.82, 2.24) is 4.90 Å². The quantitative estimate of drug-likeness (QED) is 0.132. The Balaban J connectivity index is 1.90. The molecule has 12 heteroatoms. The highest BCUT2D eigenvalue weighted by atomic mass is 35.5. The van der Waals surface area contributed by atoms with Crippen LogP contribution >= 0.6 is 23.2 Å². The van der Waals surface area contributed by atoms with Crippen LogP contribution in [-0.2, 0) is 9.59 Å². The largest absolute Gasteiger partial charge is 0.497 e. The first kappa shape index (κ1) is 35.9. The molecule has 1 N–H and O–H groups in total. The second-order valence-corrected chi connectivity index (χ2v) is 12.9. The van der Waals surface area contributed by atoms with E-state index in [-0.39, 0.29) is 52.2 Å². The number of alkyl halides is 3. The number of carboxylic acids is 1. The highest BCUT2D eigenvalue weighted by Gasteiger charge is 2.39. The second kappa shape index (κ2) is 15.6. The number of carbonyl (C=O) groups is 3. The van der Waals surface area contributed by atoms with Gasteiger partial charge in [-0.1, -0.05) is 43.0 Å². The average molecular weight is 662 g/mol. The number of aliphatic imine (C=N–C) groups is 1. The monoisotopic (exact) mass is 660 g/mol. The molecular formula is C32H41Cl2F3N2O5. The summed E-state index contributed by atoms with van der Waals surface area (Å²) in [5, 5.41) is 9.25. The predicted octanol–water partition coefficient (Wildman–Crippen LogP) is 7.86. The van der Waals surface area contributed by atoms with Crippen LogP contribution in [0.15, 0.2) is 28.3 Å². The van der Waals surface area contributed by atoms with Gasteiger partial charge in [0.25, 0.3) is 12.3 Å². The number of aliphatic carboxylic acids is 1. The van der Waals surface area contributed by atoms with Gasteiger partial charge in [-0.2, -0.15) is 0 Å². The number of nitrogens with zero attached hydrogens (tertiary/aromatic N) is 2. The lowest BCUT2D eigenvalue weighted by Gasteiger charge is -2.32. The molecule has 0 bridgehead atoms. The third-order valence-electron chi connectivity index (χ3n) is 9.17. The number of allylic oxidation sites excluding steroid dienone is 1. The molecule has 2 saturated carbocycles. The normalized spacial score (nSPS) is 22.0. The minimum Gasteiger partial charge on any atom is -0.497 e. The first-order chi connectivity index (χ1) is 20.7. The lowest BCUT2D eigenvalue weighted by atomic mass is 9.74. The maximum absolute atomic E-state index is 15.8. The summed E-state index contributed by atoms with van der Waals surface area (Å²) < 4.78 is 48.9. The van der Waals surface area contributed by atoms with Crippen LogP contribution in [0, 0.1) is 17.8 Å². The van der Waals surface area contributed by atoms with Crippen molar-refractivity contribution in [3.8, 4) is 5.75 Å². The van der Waals surface area contributed by atoms with Crippen molar-refractivity contribution in [3.05, 3.63) is 38.9 Å². The summed E-state index contributed by atoms with van der Waals surface area (Å²) in [6.07, 6.45) is 2.21. The Kier molecular flexibility index (Phi) is 12.7. The van der Waals surface area contributed by atoms with Gasteiger partial charge in [0, 0.05) is 17.8 Å². The third-order valence-corrected chi connectivity index (χ3v) is 9.77. The number of carboxylic acid groups (broad SMARTS) is 1. The maximum Gasteiger partial charge on any atom is 0.306 e. The maximum atomic E-state index is 15.8. The van der Waals surface area contributed by atoms with E-state index in [0.717, 1.165) is 18.0 Å². The van der Waals surface area contributed by atoms with Gasteiger partial charge in [-0.25, -0.2) is 13.2 Å². The molecule has 3 rings (SSSR count). The lowest BCUT2D eigenvalue weighted by Crippen LogP contribution is -2.45. The Morgan fingerprint density at radius 1 is 1.11 bits per heavy atom. The van der Waals surface area contributed by atoms with Crippen LogP contribution in [0.1, 0.15) is 82.5 Å². The molecule has 2 aliphatic rings. The van der Waals surface area contributed by atoms with E-state index in [0.29, 0.717) is 44.3 Å². The van der Waals surface area contributed by atoms with E-state index >= 15 is 4.39 Å². The van der Waals surface area contributed by atoms with Gasteiger partial charge in [0.15, 0.2) is 5.78 Å². The zero-order valence-electron chi connectivity index (χ0n) is 25.6. The molecule has 0 saturated heterocycles. The highest BCUT2D eigenvalue weighted by molar-refractivity contribution is 6.40. The van der Waals surface area contributed by atoms with Crippen LogP contribution in [-0.4, -0.2) is 72.2 Å². The molecule has 7 nitrogen and oxygen atoms in total. The molecule has 2 fully saturated rings. The molecule has 0 radical (unpaired) electrons. The molecule has 1 aromatic carbocycles. The van der Waals surface area contributed by atoms with E-state index in [1.165, 1.54) is 19.2 Å². The van der Waals surface area contributed by atoms with E-state index < -0.39 is 54.0 Å². The fourth-order valence-electron chi connectivity index (χ4n) is 6.12. The van der Waals surface area contributed by atoms with Crippen molar-refractivity contribution in [2.45, 2.75) is 90.3 Å². The van der Waals surface area contributed by atoms with Gasteiger partial charge in [0.05, 0.1) is 47.3 Å². The van der Waals surface area contributed by atoms with Crippen molar-refractivity contribution >= 4 is 47.1 Å². The Morgan fingerprint density at radius 3 is 2.18 bits per heavy atom. The van der Waals surface area contributed by atoms with Crippen molar-refractivity contribution in [2.75, 3.05) is 20.2 Å². The zero-order chi connectivity index (χ0) is 32.8. The fourth-order valence-corrected chi connectivity index (χ4v) is 6.80. The molecule has 0 heterocycles. The standard InChI is InChI=1S/C32H41Cl2F3N2O5/c1-18(21-7-9-22(10-8-21)31(42)43)20(3)38-15-24(19(2)29(35)36)30(41)39(17-32(37)11-5-6-12-32)16-27(40)28-25(33)13-23(44-4)14-26(28)34/h13-15,18,20-22,29H,5-12,16-17H2,1-4H3,(H,42,43). The summed E-state index contributed by atoms with van der Waals surface area (Å²) in [5.41, 5.74) is -2.81. The van der Waals surface area contributed by atoms with Crippen molar-refractivity contribution in [3.63, 3.8) is 0 Å². The van der Waals surface area contributed by atoms with E-state index in [2.05, 4.69) is 4.99 Å². The number of methoxy groups -OCH3 is 1. The number of amides is 1. The SMILES string of the molecule is COc1cc(Cl)c(C(=O)CN(CC2(F)CCCC2)C(=O)C(C=NC(C)C(C)C2CCC(C(=O)O)CC2)=C(C)C(F)F)c(Cl)c1. The van der Waals surface area contributed by atoms with Gasteiger partial charge in [-0.15, -0.1) is 0 Å². The molecule has 1 aromatic rings. The summed E-state index contributed by atoms with van der Waals surface area (Å²) in [6.45, 7) is 3.80. The topological polar surface area (TPSA) is 96.3 Å². The first-order valence-corrected chi connectivity index (χ1v) is 15.7. The Morgan fingerprint density at radius 2 is 1.68 bits per heavy atom. The van der Waals surface area contributed by atoms with Crippen LogP contribution in [0.3, 0.4) is 0 Å². The number of carbonyl (C=O) groups excluding carboxylic acids is 2. The Hall–Kier alpha value is -2.59. The summed E-state index contributed by atoms with van der Waals surface area (Å²) in [4.78, 5) is 44.1. The minimum absolute atomic E-state index is 0.00570. The molecule has 1 amide bonds. The fraction of sp³-hybridized carbons (Fsp3) is 0.625. The smallest absolute Gasteiger partial charge is 0.306 e. The molecular weight excluding hydrogens is 620 g/mol. The van der Waals surface area contributed by atoms with Gasteiger partial charge < -0.3 is 14.7 Å². The second-order valence-electron chi connectivity index (χ2n) is 12.1. The molecule has 2 atom stereocenters. The zero-order valence-corrected chi connectivity index (χ0v) is 27.1. The first-order valence-electron chi connectivity index (χ1n) is 15.0. The molecule has 244 valence electrons. The number of ketones is 1. The van der Waals surface area contributed by atoms with Crippen molar-refractivity contribution < 1.29 is 37.4 Å². The Labute approximate surface area is 266 Å². The number of rotatable bonds is 13. The van der Waals surface area contributed by atoms with Gasteiger partial charge in [-0.05, 0) is 76.3 Å². The summed E-state index contributed by atoms with van der Waals surface area (Å²) in [6, 6.07) is 2.40. The third kappa shape index (κ3) is 8.99. The van der Waals surface area contributed by atoms with E-state index in [1.807, 2.05) is 13.8 Å². The highest BCUT2D eigenvalue weighted by Crippen LogP contribution is 2.37. The van der Waals surface area contributed by atoms with E-state index in [9.17, 15) is 28.3 Å². The molecule has 0 aliphatic heterocycles. The van der Waals surface area contributed by atoms with Crippen molar-refractivity contribution in [1.29, 1.82) is 0 Å². The van der Waals surface area contributed by atoms with Crippen LogP contribution in [0.4, 0.5) is 13.2 Å². The molecule has 0 spiro atoms. The number of hydrogen-bond acceptors (Lipinski definition) is 5. The van der Waals surface area contributed by atoms with Gasteiger partial charge in [-0.3, -0.25) is 19.4 Å². The van der Waals surface area contributed by atoms with Crippen LogP contribution in [0.2, 0.25) is 10.0 Å². The Bertz CT molecular complexity index is 1250. The average Bonchev–Trinajstić information content (AvgIpc) is 3.41. The number of halogens is 5. The van der Waals surface area contributed by atoms with Crippen LogP contribution in [0.5, 0.6) is 5.75 Å². The van der Waals surface area contributed by atoms with E-state index in [1.54, 1.807) is 0 Å². The predicted molar refractivity (Wildman–Crippen MR) is 165 cm³/mol. The van der Waals surface area contributed by atoms with Crippen LogP contribution in [0.25, 0.3) is 0 Å². The molecule has 0 aromatic heterocycles. The van der Waals surface area contributed by atoms with Crippen molar-refractivity contribution in [2.24, 2.45) is 22.7 Å². The molecule has 2 aliphatic carbocycles. The minimum atomic E-state index is -2.99. The van der Waals surface area contributed by atoms with E-state index in [4.69, 9.17) is 27.9 Å². The summed E-state index contributed by atoms with van der Waals surface area (Å²) in [7, 11) is 1.40. The van der Waals surface area contributed by atoms with Gasteiger partial charge >= 0.3 is 5.97 Å². The summed E-state index contributed by atoms with van der Waals surface area (Å²) in [5.74, 6) is -2.29. The molecule has 44 heavy (non-hydrogen) atoms. The molecule has 2 unspecified atom stereocenters. The van der Waals surface area contributed by atoms with Gasteiger partial charge in [0.2, 0.25) is 0 Å². The lowest BCUT2D eigenvalue weighted by molar-refractivity contribution is -0.143. The number of Topliss-reactive ketones (excluding diaryl/α,β-unsaturated/α-hetero) is 1. The summed E-state index contributed by atoms with van der Waals surface area (Å²) >= 11 is 12.6. The number of ether oxygens (including phenoxy) is 1. The van der Waals surface area contributed by atoms with Gasteiger partial charge in [0.1, 0.15) is 11.4 Å². The van der Waals surface area contributed by atoms with Crippen LogP contribution < -0.4 is 4.74 Å². The number of hydrogen-bond donors (Lipinski definition) is 1.